The first-order valence-electron chi connectivity index (χ1n) is 14.1. The molecule has 1 saturated carbocycles. The summed E-state index contributed by atoms with van der Waals surface area (Å²) in [5.74, 6) is 0.0923. The molecule has 1 aromatic carbocycles. The van der Waals surface area contributed by atoms with E-state index in [2.05, 4.69) is 20.4 Å². The molecule has 4 atom stereocenters. The Morgan fingerprint density at radius 1 is 1.11 bits per heavy atom. The lowest BCUT2D eigenvalue weighted by molar-refractivity contribution is 0.0522. The number of carbonyl (C=O) groups excluding carboxylic acids is 1. The van der Waals surface area contributed by atoms with Crippen molar-refractivity contribution in [3.8, 4) is 0 Å². The molecule has 0 bridgehead atoms. The number of piperidine rings is 1. The van der Waals surface area contributed by atoms with Gasteiger partial charge < -0.3 is 10.2 Å². The largest absolute Gasteiger partial charge is 0.377 e. The van der Waals surface area contributed by atoms with Crippen LogP contribution in [-0.2, 0) is 17.1 Å². The Morgan fingerprint density at radius 2 is 1.80 bits per heavy atom. The number of halogens is 3. The van der Waals surface area contributed by atoms with Gasteiger partial charge in [-0.05, 0) is 56.4 Å². The number of hydrogen-bond donors (Lipinski definition) is 2. The van der Waals surface area contributed by atoms with Crippen LogP contribution < -0.4 is 20.5 Å². The monoisotopic (exact) mass is 661 g/mol. The van der Waals surface area contributed by atoms with Crippen molar-refractivity contribution >= 4 is 50.1 Å². The number of aryl methyl sites for hydroxylation is 2. The fourth-order valence-electron chi connectivity index (χ4n) is 6.30. The van der Waals surface area contributed by atoms with Gasteiger partial charge in [0.15, 0.2) is 5.69 Å². The van der Waals surface area contributed by atoms with Crippen molar-refractivity contribution in [2.75, 3.05) is 29.6 Å². The lowest BCUT2D eigenvalue weighted by atomic mass is 10.0. The molecule has 2 N–H and O–H groups in total. The maximum Gasteiger partial charge on any atom is 0.334 e. The van der Waals surface area contributed by atoms with Gasteiger partial charge in [-0.2, -0.15) is 18.6 Å². The minimum absolute atomic E-state index is 0.00172. The number of benzene rings is 1. The van der Waals surface area contributed by atoms with Crippen LogP contribution in [0.3, 0.4) is 0 Å². The molecule has 6 rings (SSSR count). The number of aromatic nitrogens is 6. The number of alkyl halides is 2. The van der Waals surface area contributed by atoms with Crippen molar-refractivity contribution in [2.45, 2.75) is 39.3 Å². The maximum absolute atomic E-state index is 13.6. The van der Waals surface area contributed by atoms with Crippen LogP contribution >= 0.6 is 11.6 Å². The summed E-state index contributed by atoms with van der Waals surface area (Å²) in [6.45, 7) is 3.52. The van der Waals surface area contributed by atoms with E-state index in [1.54, 1.807) is 20.0 Å². The second-order valence-electron chi connectivity index (χ2n) is 11.6. The molecule has 1 unspecified atom stereocenters. The summed E-state index contributed by atoms with van der Waals surface area (Å²) >= 11 is 6.01. The lowest BCUT2D eigenvalue weighted by Crippen LogP contribution is -2.32. The molecule has 238 valence electrons. The molecule has 0 spiro atoms. The number of fused-ring (bicyclic) bond motifs is 2. The van der Waals surface area contributed by atoms with Crippen LogP contribution in [0.2, 0.25) is 5.15 Å². The fourth-order valence-corrected chi connectivity index (χ4v) is 6.88. The van der Waals surface area contributed by atoms with Gasteiger partial charge in [0, 0.05) is 31.6 Å². The van der Waals surface area contributed by atoms with E-state index in [0.717, 1.165) is 11.8 Å². The lowest BCUT2D eigenvalue weighted by Gasteiger charge is -2.25. The molecule has 1 amide bonds. The first-order valence-corrected chi connectivity index (χ1v) is 16.3. The van der Waals surface area contributed by atoms with Gasteiger partial charge in [-0.25, -0.2) is 28.1 Å². The Bertz CT molecular complexity index is 2020. The van der Waals surface area contributed by atoms with E-state index in [1.807, 2.05) is 29.5 Å². The predicted molar refractivity (Wildman–Crippen MR) is 163 cm³/mol. The van der Waals surface area contributed by atoms with E-state index in [9.17, 15) is 26.8 Å². The molecule has 4 heterocycles. The van der Waals surface area contributed by atoms with Crippen LogP contribution in [0, 0.1) is 25.7 Å². The summed E-state index contributed by atoms with van der Waals surface area (Å²) in [4.78, 5) is 41.6. The van der Waals surface area contributed by atoms with E-state index in [4.69, 9.17) is 16.6 Å². The van der Waals surface area contributed by atoms with Gasteiger partial charge in [-0.3, -0.25) is 14.2 Å². The van der Waals surface area contributed by atoms with Crippen LogP contribution in [0.4, 0.5) is 20.4 Å². The van der Waals surface area contributed by atoms with E-state index in [0.29, 0.717) is 46.0 Å². The van der Waals surface area contributed by atoms with Crippen molar-refractivity contribution in [2.24, 2.45) is 18.9 Å². The highest BCUT2D eigenvalue weighted by Gasteiger charge is 2.59. The SMILES string of the molecule is Cc1cc([C@@H](C)Nc2ccc(Cl)nc2C(=O)NS(C)(=O)=O)c2nc(N3C[C@@H]4C(c5nc(C)nn5C(F)F)[C@@H]4C3)n(C)c(=O)c2c1. The third kappa shape index (κ3) is 5.72. The predicted octanol–water partition coefficient (Wildman–Crippen LogP) is 3.30. The van der Waals surface area contributed by atoms with Gasteiger partial charge in [-0.15, -0.1) is 0 Å². The number of rotatable bonds is 8. The fraction of sp³-hybridized carbons (Fsp3) is 0.429. The van der Waals surface area contributed by atoms with Crippen molar-refractivity contribution < 1.29 is 22.0 Å². The zero-order chi connectivity index (χ0) is 32.5. The van der Waals surface area contributed by atoms with Crippen molar-refractivity contribution in [3.63, 3.8) is 0 Å². The summed E-state index contributed by atoms with van der Waals surface area (Å²) < 4.78 is 54.6. The van der Waals surface area contributed by atoms with Gasteiger partial charge in [0.1, 0.15) is 16.8 Å². The van der Waals surface area contributed by atoms with Gasteiger partial charge in [0.2, 0.25) is 16.0 Å². The first kappa shape index (κ1) is 30.8. The summed E-state index contributed by atoms with van der Waals surface area (Å²) in [7, 11) is -2.22. The molecule has 45 heavy (non-hydrogen) atoms. The highest BCUT2D eigenvalue weighted by molar-refractivity contribution is 7.89. The van der Waals surface area contributed by atoms with Crippen LogP contribution in [0.15, 0.2) is 29.1 Å². The summed E-state index contributed by atoms with van der Waals surface area (Å²) in [6.07, 6.45) is 0.855. The number of carbonyl (C=O) groups is 1. The number of nitrogens with zero attached hydrogens (tertiary/aromatic N) is 7. The number of anilines is 2. The van der Waals surface area contributed by atoms with Gasteiger partial charge in [0.25, 0.3) is 11.5 Å². The molecule has 0 radical (unpaired) electrons. The van der Waals surface area contributed by atoms with Gasteiger partial charge in [0.05, 0.1) is 28.9 Å². The summed E-state index contributed by atoms with van der Waals surface area (Å²) in [5, 5.41) is 7.45. The van der Waals surface area contributed by atoms with Crippen LogP contribution in [-0.4, -0.2) is 63.0 Å². The molecule has 2 aliphatic rings. The van der Waals surface area contributed by atoms with Crippen molar-refractivity contribution in [3.05, 3.63) is 68.2 Å². The number of hydrogen-bond acceptors (Lipinski definition) is 10. The number of sulfonamides is 1. The summed E-state index contributed by atoms with van der Waals surface area (Å²) in [6, 6.07) is 6.10. The van der Waals surface area contributed by atoms with Gasteiger partial charge >= 0.3 is 6.55 Å². The molecule has 3 aromatic heterocycles. The third-order valence-corrected chi connectivity index (χ3v) is 9.01. The standard InChI is InChI=1S/C28H30ClF2N9O4S/c1-12-8-15(13(2)32-19-6-7-20(29)34-23(19)25(41)37-45(5,43)44)22-16(9-12)26(42)38(4)28(35-22)39-10-17-18(11-39)21(17)24-33-14(3)36-40(24)27(30)31/h6-9,13,17-18,21,27,32H,10-11H2,1-5H3,(H,37,41)/t13-,17-,18+,21?/m1/s1. The molecule has 1 aliphatic carbocycles. The van der Waals surface area contributed by atoms with Crippen molar-refractivity contribution in [1.82, 2.24) is 34.0 Å². The quantitative estimate of drug-likeness (QED) is 0.269. The second-order valence-corrected chi connectivity index (χ2v) is 13.8. The first-order chi connectivity index (χ1) is 21.1. The number of amides is 1. The Morgan fingerprint density at radius 3 is 2.44 bits per heavy atom. The average Bonchev–Trinajstić information content (AvgIpc) is 3.24. The van der Waals surface area contributed by atoms with Gasteiger partial charge in [-0.1, -0.05) is 17.7 Å². The summed E-state index contributed by atoms with van der Waals surface area (Å²) in [5.41, 5.74) is 1.68. The molecule has 4 aromatic rings. The van der Waals surface area contributed by atoms with E-state index >= 15 is 0 Å². The normalized spacial score (nSPS) is 20.0. The van der Waals surface area contributed by atoms with Crippen LogP contribution in [0.1, 0.15) is 58.7 Å². The Kier molecular flexibility index (Phi) is 7.54. The van der Waals surface area contributed by atoms with E-state index < -0.39 is 28.5 Å². The smallest absolute Gasteiger partial charge is 0.334 e. The topological polar surface area (TPSA) is 157 Å². The highest BCUT2D eigenvalue weighted by Crippen LogP contribution is 2.58. The Labute approximate surface area is 261 Å². The molecular weight excluding hydrogens is 632 g/mol. The highest BCUT2D eigenvalue weighted by atomic mass is 35.5. The molecule has 17 heteroatoms. The second kappa shape index (κ2) is 11.0. The Hall–Kier alpha value is -4.18. The molecular formula is C28H30ClF2N9O4S. The van der Waals surface area contributed by atoms with E-state index in [1.165, 1.54) is 16.7 Å². The molecule has 1 aliphatic heterocycles. The molecule has 1 saturated heterocycles. The van der Waals surface area contributed by atoms with Crippen LogP contribution in [0.25, 0.3) is 10.9 Å². The van der Waals surface area contributed by atoms with Crippen LogP contribution in [0.5, 0.6) is 0 Å². The minimum atomic E-state index is -3.87. The zero-order valence-electron chi connectivity index (χ0n) is 24.9. The van der Waals surface area contributed by atoms with E-state index in [-0.39, 0.29) is 45.7 Å². The Balaban J connectivity index is 1.32. The number of pyridine rings is 1. The molecule has 2 fully saturated rings. The van der Waals surface area contributed by atoms with Crippen molar-refractivity contribution in [1.29, 1.82) is 0 Å². The minimum Gasteiger partial charge on any atom is -0.377 e. The average molecular weight is 662 g/mol. The third-order valence-electron chi connectivity index (χ3n) is 8.25. The number of nitrogens with one attached hydrogen (secondary N) is 2. The maximum atomic E-state index is 13.6. The molecule has 13 nitrogen and oxygen atoms in total. The zero-order valence-corrected chi connectivity index (χ0v) is 26.5.